The second-order valence-electron chi connectivity index (χ2n) is 26.0. The Labute approximate surface area is 548 Å². The molecule has 9 N–H and O–H groups in total. The van der Waals surface area contributed by atoms with Crippen LogP contribution in [-0.4, -0.2) is 140 Å². The van der Waals surface area contributed by atoms with Gasteiger partial charge >= 0.3 is 0 Å². The molecule has 0 aromatic carbocycles. The molecule has 2 fully saturated rings. The lowest BCUT2D eigenvalue weighted by molar-refractivity contribution is -0.359. The Morgan fingerprint density at radius 2 is 0.778 bits per heavy atom. The monoisotopic (exact) mass is 1270 g/mol. The van der Waals surface area contributed by atoms with Gasteiger partial charge in [0.1, 0.15) is 48.8 Å². The number of carbonyl (C=O) groups is 1. The van der Waals surface area contributed by atoms with E-state index in [9.17, 15) is 45.6 Å². The van der Waals surface area contributed by atoms with Crippen molar-refractivity contribution in [3.05, 3.63) is 72.9 Å². The Morgan fingerprint density at radius 1 is 0.411 bits per heavy atom. The number of hydrogen-bond acceptors (Lipinski definition) is 13. The van der Waals surface area contributed by atoms with Gasteiger partial charge in [0.05, 0.1) is 32.0 Å². The molecule has 0 bridgehead atoms. The molecular weight excluding hydrogens is 1130 g/mol. The van der Waals surface area contributed by atoms with Crippen LogP contribution in [0.15, 0.2) is 72.9 Å². The predicted octanol–water partition coefficient (Wildman–Crippen LogP) is 15.8. The number of hydrogen-bond donors (Lipinski definition) is 9. The van der Waals surface area contributed by atoms with Gasteiger partial charge in [-0.3, -0.25) is 4.79 Å². The van der Waals surface area contributed by atoms with Crippen LogP contribution in [0.25, 0.3) is 0 Å². The van der Waals surface area contributed by atoms with Crippen LogP contribution in [0, 0.1) is 0 Å². The number of rotatable bonds is 61. The minimum atomic E-state index is -1.79. The Kier molecular flexibility index (Phi) is 55.8. The van der Waals surface area contributed by atoms with Crippen LogP contribution >= 0.6 is 0 Å². The molecule has 1 amide bonds. The summed E-state index contributed by atoms with van der Waals surface area (Å²) < 4.78 is 22.9. The minimum Gasteiger partial charge on any atom is -0.394 e. The van der Waals surface area contributed by atoms with E-state index in [1.807, 2.05) is 6.08 Å². The number of carbonyl (C=O) groups excluding carboxylic acids is 1. The van der Waals surface area contributed by atoms with Crippen molar-refractivity contribution in [1.29, 1.82) is 0 Å². The molecule has 12 atom stereocenters. The Balaban J connectivity index is 1.63. The van der Waals surface area contributed by atoms with Gasteiger partial charge in [0.2, 0.25) is 5.91 Å². The molecular formula is C76H137NO13. The second kappa shape index (κ2) is 60.1. The molecule has 0 saturated carbocycles. The van der Waals surface area contributed by atoms with Crippen molar-refractivity contribution in [3.8, 4) is 0 Å². The average Bonchev–Trinajstić information content (AvgIpc) is 1.28. The molecule has 90 heavy (non-hydrogen) atoms. The van der Waals surface area contributed by atoms with Crippen molar-refractivity contribution in [2.24, 2.45) is 0 Å². The molecule has 0 spiro atoms. The van der Waals surface area contributed by atoms with Gasteiger partial charge < -0.3 is 65.1 Å². The second-order valence-corrected chi connectivity index (χ2v) is 26.0. The van der Waals surface area contributed by atoms with Gasteiger partial charge in [0, 0.05) is 6.42 Å². The molecule has 2 saturated heterocycles. The lowest BCUT2D eigenvalue weighted by Gasteiger charge is -2.46. The number of aliphatic hydroxyl groups is 8. The highest BCUT2D eigenvalue weighted by Crippen LogP contribution is 2.30. The summed E-state index contributed by atoms with van der Waals surface area (Å²) in [6, 6.07) is -0.933. The lowest BCUT2D eigenvalue weighted by Crippen LogP contribution is -2.65. The van der Waals surface area contributed by atoms with Crippen LogP contribution in [0.3, 0.4) is 0 Å². The van der Waals surface area contributed by atoms with Gasteiger partial charge in [-0.05, 0) is 70.6 Å². The van der Waals surface area contributed by atoms with E-state index in [0.29, 0.717) is 12.8 Å². The summed E-state index contributed by atoms with van der Waals surface area (Å²) in [6.07, 6.45) is 65.5. The smallest absolute Gasteiger partial charge is 0.220 e. The van der Waals surface area contributed by atoms with E-state index in [4.69, 9.17) is 18.9 Å². The summed E-state index contributed by atoms with van der Waals surface area (Å²) in [5, 5.41) is 87.5. The number of allylic oxidation sites excluding steroid dienone is 11. The summed E-state index contributed by atoms with van der Waals surface area (Å²) in [4.78, 5) is 13.3. The largest absolute Gasteiger partial charge is 0.394 e. The van der Waals surface area contributed by atoms with E-state index in [1.165, 1.54) is 218 Å². The fourth-order valence-corrected chi connectivity index (χ4v) is 12.0. The number of amides is 1. The summed E-state index contributed by atoms with van der Waals surface area (Å²) in [7, 11) is 0. The maximum absolute atomic E-state index is 13.3. The Hall–Kier alpha value is -2.57. The SMILES string of the molecule is CC/C=C\C/C=C\C/C=C\C/C=C\CCCCCCCCCCCCCCCCCCCCCCCCC(=O)NC(COC1OC(CO)C(OC2OC(CO)C(O)C(O)C2O)C(O)C1O)C(O)/C=C/CC/C=C/CCCCCCCCCCCCCCCCC. The molecule has 2 heterocycles. The Morgan fingerprint density at radius 3 is 1.22 bits per heavy atom. The fraction of sp³-hybridized carbons (Fsp3) is 0.829. The van der Waals surface area contributed by atoms with Crippen LogP contribution in [0.2, 0.25) is 0 Å². The van der Waals surface area contributed by atoms with Crippen molar-refractivity contribution < 1.29 is 64.6 Å². The van der Waals surface area contributed by atoms with E-state index in [1.54, 1.807) is 6.08 Å². The van der Waals surface area contributed by atoms with E-state index in [2.05, 4.69) is 79.9 Å². The van der Waals surface area contributed by atoms with E-state index < -0.39 is 86.8 Å². The standard InChI is InChI=1S/C76H137NO13/c1-3-5-7-9-11-13-15-17-19-21-23-25-26-27-28-29-30-31-32-33-34-35-36-37-38-40-42-44-46-48-50-52-54-56-58-60-68(81)77-64(65(80)59-57-55-53-51-49-47-45-43-41-39-24-22-20-18-16-14-12-10-8-6-4-2)63-87-75-73(86)71(84)74(67(62-79)89-75)90-76-72(85)70(83)69(82)66(61-78)88-76/h5,7,11,13,17,19,23,25,49,51,57,59,64-67,69-76,78-80,82-86H,3-4,6,8-10,12,14-16,18,20-22,24,26-48,50,52-56,58,60-63H2,1-2H3,(H,77,81)/b7-5-,13-11-,19-17-,25-23-,51-49+,59-57+. The van der Waals surface area contributed by atoms with Crippen molar-refractivity contribution in [1.82, 2.24) is 5.32 Å². The van der Waals surface area contributed by atoms with Crippen LogP contribution in [0.1, 0.15) is 309 Å². The van der Waals surface area contributed by atoms with Crippen LogP contribution in [0.5, 0.6) is 0 Å². The third kappa shape index (κ3) is 43.4. The first-order chi connectivity index (χ1) is 44.1. The zero-order chi connectivity index (χ0) is 65.2. The van der Waals surface area contributed by atoms with Gasteiger partial charge in [-0.25, -0.2) is 0 Å². The van der Waals surface area contributed by atoms with Crippen molar-refractivity contribution in [2.45, 2.75) is 383 Å². The first-order valence-corrected chi connectivity index (χ1v) is 37.2. The van der Waals surface area contributed by atoms with Crippen LogP contribution < -0.4 is 5.32 Å². The first-order valence-electron chi connectivity index (χ1n) is 37.2. The molecule has 14 heteroatoms. The highest BCUT2D eigenvalue weighted by Gasteiger charge is 2.51. The number of unbranched alkanes of at least 4 members (excludes halogenated alkanes) is 38. The minimum absolute atomic E-state index is 0.245. The molecule has 0 radical (unpaired) electrons. The third-order valence-corrected chi connectivity index (χ3v) is 17.9. The maximum atomic E-state index is 13.3. The third-order valence-electron chi connectivity index (χ3n) is 17.9. The zero-order valence-electron chi connectivity index (χ0n) is 57.1. The quantitative estimate of drug-likeness (QED) is 0.0204. The van der Waals surface area contributed by atoms with E-state index in [-0.39, 0.29) is 18.9 Å². The predicted molar refractivity (Wildman–Crippen MR) is 369 cm³/mol. The normalized spacial score (nSPS) is 23.3. The molecule has 12 unspecified atom stereocenters. The van der Waals surface area contributed by atoms with E-state index in [0.717, 1.165) is 57.8 Å². The molecule has 2 aliphatic rings. The van der Waals surface area contributed by atoms with Crippen LogP contribution in [0.4, 0.5) is 0 Å². The molecule has 524 valence electrons. The molecule has 2 rings (SSSR count). The molecule has 0 aromatic rings. The zero-order valence-corrected chi connectivity index (χ0v) is 57.1. The van der Waals surface area contributed by atoms with Gasteiger partial charge in [-0.15, -0.1) is 0 Å². The first kappa shape index (κ1) is 83.5. The van der Waals surface area contributed by atoms with Gasteiger partial charge in [0.15, 0.2) is 12.6 Å². The van der Waals surface area contributed by atoms with Gasteiger partial charge in [0.25, 0.3) is 0 Å². The fourth-order valence-electron chi connectivity index (χ4n) is 12.0. The highest BCUT2D eigenvalue weighted by atomic mass is 16.7. The Bertz CT molecular complexity index is 1790. The summed E-state index contributed by atoms with van der Waals surface area (Å²) >= 11 is 0. The van der Waals surface area contributed by atoms with Crippen LogP contribution in [-0.2, 0) is 23.7 Å². The number of ether oxygens (including phenoxy) is 4. The average molecular weight is 1270 g/mol. The number of aliphatic hydroxyl groups excluding tert-OH is 8. The van der Waals surface area contributed by atoms with Crippen molar-refractivity contribution in [2.75, 3.05) is 19.8 Å². The molecule has 2 aliphatic heterocycles. The van der Waals surface area contributed by atoms with Gasteiger partial charge in [-0.2, -0.15) is 0 Å². The summed E-state index contributed by atoms with van der Waals surface area (Å²) in [5.41, 5.74) is 0. The highest BCUT2D eigenvalue weighted by molar-refractivity contribution is 5.76. The maximum Gasteiger partial charge on any atom is 0.220 e. The van der Waals surface area contributed by atoms with E-state index >= 15 is 0 Å². The topological polar surface area (TPSA) is 228 Å². The molecule has 0 aliphatic carbocycles. The number of nitrogens with one attached hydrogen (secondary N) is 1. The lowest BCUT2D eigenvalue weighted by atomic mass is 9.97. The summed E-state index contributed by atoms with van der Waals surface area (Å²) in [5.74, 6) is -0.245. The van der Waals surface area contributed by atoms with Gasteiger partial charge in [-0.1, -0.05) is 305 Å². The molecule has 0 aromatic heterocycles. The van der Waals surface area contributed by atoms with Crippen molar-refractivity contribution >= 4 is 5.91 Å². The van der Waals surface area contributed by atoms with Crippen molar-refractivity contribution in [3.63, 3.8) is 0 Å². The molecule has 14 nitrogen and oxygen atoms in total. The summed E-state index contributed by atoms with van der Waals surface area (Å²) in [6.45, 7) is 2.71.